The zero-order valence-electron chi connectivity index (χ0n) is 9.47. The van der Waals surface area contributed by atoms with Crippen molar-refractivity contribution in [3.63, 3.8) is 0 Å². The first-order chi connectivity index (χ1) is 5.08. The summed E-state index contributed by atoms with van der Waals surface area (Å²) in [7, 11) is -4.89. The van der Waals surface area contributed by atoms with Gasteiger partial charge in [0.2, 0.25) is 0 Å². The molecule has 0 aliphatic rings. The van der Waals surface area contributed by atoms with Crippen LogP contribution in [-0.2, 0) is 4.57 Å². The van der Waals surface area contributed by atoms with E-state index in [0.29, 0.717) is 0 Å². The summed E-state index contributed by atoms with van der Waals surface area (Å²) >= 11 is 0. The molecule has 0 radical (unpaired) electrons. The first-order valence-electron chi connectivity index (χ1n) is 2.85. The molecule has 11 heteroatoms. The molecular weight excluding hydrogens is 277 g/mol. The number of phosphoric ester groups is 1. The maximum absolute atomic E-state index is 10.1. The summed E-state index contributed by atoms with van der Waals surface area (Å²) in [5, 5.41) is 0. The van der Waals surface area contributed by atoms with Gasteiger partial charge < -0.3 is 40.8 Å². The van der Waals surface area contributed by atoms with Gasteiger partial charge in [0.25, 0.3) is 0 Å². The normalized spacial score (nSPS) is 7.18. The summed E-state index contributed by atoms with van der Waals surface area (Å²) in [5.74, 6) is 0.0424. The summed E-state index contributed by atoms with van der Waals surface area (Å²) in [5.41, 5.74) is 0. The molecule has 92 valence electrons. The van der Waals surface area contributed by atoms with Crippen LogP contribution in [0.25, 0.3) is 0 Å². The van der Waals surface area contributed by atoms with E-state index in [-0.39, 0.29) is 86.8 Å². The van der Waals surface area contributed by atoms with E-state index >= 15 is 0 Å². The van der Waals surface area contributed by atoms with Crippen LogP contribution >= 0.6 is 7.82 Å². The van der Waals surface area contributed by atoms with Gasteiger partial charge in [-0.25, -0.2) is 0 Å². The molecule has 8 N–H and O–H groups in total. The second-order valence-electron chi connectivity index (χ2n) is 1.85. The van der Waals surface area contributed by atoms with Gasteiger partial charge in [-0.15, -0.1) is 0 Å². The maximum Gasteiger partial charge on any atom is 1.00 e. The second kappa shape index (κ2) is 17.0. The van der Waals surface area contributed by atoms with Crippen molar-refractivity contribution in [2.24, 2.45) is 0 Å². The molecule has 0 amide bonds. The molecule has 0 heterocycles. The van der Waals surface area contributed by atoms with E-state index in [0.717, 1.165) is 0 Å². The van der Waals surface area contributed by atoms with Crippen molar-refractivity contribution in [2.75, 3.05) is 0 Å². The Kier molecular flexibility index (Phi) is 36.1. The largest absolute Gasteiger partial charge is 1.00 e. The first-order valence-corrected chi connectivity index (χ1v) is 4.31. The van der Waals surface area contributed by atoms with Crippen LogP contribution in [0, 0.1) is 0 Å². The van der Waals surface area contributed by atoms with Crippen LogP contribution in [0.1, 0.15) is 0 Å². The zero-order valence-corrected chi connectivity index (χ0v) is 14.4. The van der Waals surface area contributed by atoms with Gasteiger partial charge in [-0.05, 0) is 12.1 Å². The monoisotopic (exact) mass is 290 g/mol. The minimum absolute atomic E-state index is 0. The Morgan fingerprint density at radius 2 is 1.24 bits per heavy atom. The molecule has 0 saturated heterocycles. The van der Waals surface area contributed by atoms with Crippen LogP contribution in [0.4, 0.5) is 0 Å². The van der Waals surface area contributed by atoms with E-state index in [1.54, 1.807) is 18.2 Å². The fourth-order valence-corrected chi connectivity index (χ4v) is 0.990. The van der Waals surface area contributed by atoms with Crippen molar-refractivity contribution in [3.05, 3.63) is 30.3 Å². The van der Waals surface area contributed by atoms with Crippen LogP contribution < -0.4 is 73.4 Å². The Labute approximate surface area is 142 Å². The van der Waals surface area contributed by atoms with Gasteiger partial charge in [0.1, 0.15) is 13.6 Å². The van der Waals surface area contributed by atoms with Gasteiger partial charge in [-0.2, -0.15) is 0 Å². The molecule has 0 bridgehead atoms. The Morgan fingerprint density at radius 3 is 1.53 bits per heavy atom. The predicted molar refractivity (Wildman–Crippen MR) is 49.1 cm³/mol. The van der Waals surface area contributed by atoms with Gasteiger partial charge in [0, 0.05) is 0 Å². The topological polar surface area (TPSA) is 198 Å². The van der Waals surface area contributed by atoms with Crippen molar-refractivity contribution in [2.45, 2.75) is 0 Å². The van der Waals surface area contributed by atoms with Gasteiger partial charge in [0.05, 0.1) is 0 Å². The summed E-state index contributed by atoms with van der Waals surface area (Å²) < 4.78 is 14.1. The molecule has 1 aromatic rings. The van der Waals surface area contributed by atoms with Crippen molar-refractivity contribution >= 4 is 7.82 Å². The molecule has 0 aliphatic carbocycles. The Hall–Kier alpha value is 1.01. The third kappa shape index (κ3) is 19.5. The van der Waals surface area contributed by atoms with Gasteiger partial charge in [0.15, 0.2) is 0 Å². The molecule has 0 aromatic heterocycles. The minimum atomic E-state index is -4.89. The maximum atomic E-state index is 10.1. The Morgan fingerprint density at radius 1 is 0.882 bits per heavy atom. The molecule has 0 fully saturated rings. The summed E-state index contributed by atoms with van der Waals surface area (Å²) in [6.07, 6.45) is 0. The smallest absolute Gasteiger partial charge is 0.780 e. The van der Waals surface area contributed by atoms with Crippen LogP contribution in [0.3, 0.4) is 0 Å². The number of hydrogen-bond acceptors (Lipinski definition) is 4. The third-order valence-corrected chi connectivity index (χ3v) is 1.39. The van der Waals surface area contributed by atoms with Crippen molar-refractivity contribution in [1.29, 1.82) is 0 Å². The molecule has 0 spiro atoms. The molecule has 1 aromatic carbocycles. The van der Waals surface area contributed by atoms with Crippen molar-refractivity contribution in [1.82, 2.24) is 0 Å². The van der Waals surface area contributed by atoms with E-state index in [1.165, 1.54) is 12.1 Å². The number of rotatable bonds is 2. The van der Waals surface area contributed by atoms with Crippen LogP contribution in [-0.4, -0.2) is 21.9 Å². The number of phosphoric acid groups is 1. The number of hydrogen-bond donors (Lipinski definition) is 0. The summed E-state index contributed by atoms with van der Waals surface area (Å²) in [6, 6.07) is 7.62. The quantitative estimate of drug-likeness (QED) is 0.384. The summed E-state index contributed by atoms with van der Waals surface area (Å²) in [6.45, 7) is 0. The van der Waals surface area contributed by atoms with Gasteiger partial charge >= 0.3 is 59.1 Å². The van der Waals surface area contributed by atoms with E-state index in [2.05, 4.69) is 4.52 Å². The standard InChI is InChI=1S/C6H7O4P.2Na.4H2O/c7-11(8,9)10-6-4-2-1-3-5-6;;;;;;/h1-5H,(H2,7,8,9);;;4*1H2/q;2*+1;;;;/p-2. The van der Waals surface area contributed by atoms with Crippen LogP contribution in [0.2, 0.25) is 0 Å². The molecule has 1 rings (SSSR count). The molecule has 0 aliphatic heterocycles. The Balaban J connectivity index is -0.0000000504. The average Bonchev–Trinajstić information content (AvgIpc) is 1.85. The molecule has 17 heavy (non-hydrogen) atoms. The van der Waals surface area contributed by atoms with Crippen molar-refractivity contribution in [3.8, 4) is 5.75 Å². The van der Waals surface area contributed by atoms with Crippen LogP contribution in [0.15, 0.2) is 30.3 Å². The van der Waals surface area contributed by atoms with E-state index in [4.69, 9.17) is 0 Å². The van der Waals surface area contributed by atoms with Crippen molar-refractivity contribution < 1.29 is 99.9 Å². The molecule has 0 unspecified atom stereocenters. The van der Waals surface area contributed by atoms with E-state index in [9.17, 15) is 14.4 Å². The third-order valence-electron chi connectivity index (χ3n) is 0.960. The second-order valence-corrected chi connectivity index (χ2v) is 2.93. The van der Waals surface area contributed by atoms with Gasteiger partial charge in [-0.1, -0.05) is 18.2 Å². The molecule has 8 nitrogen and oxygen atoms in total. The first kappa shape index (κ1) is 36.1. The SMILES string of the molecule is O.O.O.O.O=P([O-])([O-])Oc1ccccc1.[Na+].[Na+]. The molecular formula is C6H13Na2O8P. The molecule has 0 atom stereocenters. The summed E-state index contributed by atoms with van der Waals surface area (Å²) in [4.78, 5) is 20.1. The van der Waals surface area contributed by atoms with Gasteiger partial charge in [-0.3, -0.25) is 0 Å². The van der Waals surface area contributed by atoms with E-state index < -0.39 is 7.82 Å². The fourth-order valence-electron chi connectivity index (χ4n) is 0.610. The van der Waals surface area contributed by atoms with Crippen LogP contribution in [0.5, 0.6) is 5.75 Å². The van der Waals surface area contributed by atoms with E-state index in [1.807, 2.05) is 0 Å². The average molecular weight is 290 g/mol. The number of benzene rings is 1. The Bertz CT molecular complexity index is 279. The minimum Gasteiger partial charge on any atom is -0.780 e. The number of para-hydroxylation sites is 1. The fraction of sp³-hybridized carbons (Fsp3) is 0. The predicted octanol–water partition coefficient (Wildman–Crippen LogP) is -9.40. The molecule has 0 saturated carbocycles. The zero-order chi connectivity index (χ0) is 8.32.